The zero-order chi connectivity index (χ0) is 16.1. The Balaban J connectivity index is 2.15. The molecule has 4 nitrogen and oxygen atoms in total. The molecule has 22 heavy (non-hydrogen) atoms. The highest BCUT2D eigenvalue weighted by Gasteiger charge is 2.08. The van der Waals surface area contributed by atoms with E-state index in [1.807, 2.05) is 6.92 Å². The molecule has 0 aliphatic heterocycles. The Morgan fingerprint density at radius 1 is 1.14 bits per heavy atom. The number of nitrogens with one attached hydrogen (secondary N) is 2. The summed E-state index contributed by atoms with van der Waals surface area (Å²) in [6, 6.07) is 10.3. The summed E-state index contributed by atoms with van der Waals surface area (Å²) in [5, 5.41) is 6.91. The fraction of sp³-hybridized carbons (Fsp3) is 0.188. The van der Waals surface area contributed by atoms with Crippen LogP contribution in [0.1, 0.15) is 23.7 Å². The van der Waals surface area contributed by atoms with Crippen LogP contribution in [0.15, 0.2) is 36.4 Å². The van der Waals surface area contributed by atoms with Crippen molar-refractivity contribution in [3.05, 3.63) is 52.0 Å². The van der Waals surface area contributed by atoms with Gasteiger partial charge in [-0.15, -0.1) is 0 Å². The number of rotatable bonds is 5. The summed E-state index contributed by atoms with van der Waals surface area (Å²) in [5.74, 6) is -0.130. The normalized spacial score (nSPS) is 10.3. The number of nitrogens with two attached hydrogens (primary N) is 1. The van der Waals surface area contributed by atoms with Gasteiger partial charge in [-0.3, -0.25) is 4.79 Å². The fourth-order valence-corrected chi connectivity index (χ4v) is 2.19. The van der Waals surface area contributed by atoms with Crippen LogP contribution in [0.5, 0.6) is 0 Å². The summed E-state index contributed by atoms with van der Waals surface area (Å²) in [6.45, 7) is 2.64. The monoisotopic (exact) mass is 337 g/mol. The fourth-order valence-electron chi connectivity index (χ4n) is 1.89. The van der Waals surface area contributed by atoms with E-state index in [4.69, 9.17) is 28.9 Å². The van der Waals surface area contributed by atoms with Crippen molar-refractivity contribution in [3.8, 4) is 0 Å². The lowest BCUT2D eigenvalue weighted by molar-refractivity contribution is 0.0953. The Kier molecular flexibility index (Phi) is 5.52. The van der Waals surface area contributed by atoms with Crippen LogP contribution in [-0.2, 0) is 0 Å². The predicted octanol–water partition coefficient (Wildman–Crippen LogP) is 4.46. The molecule has 6 heteroatoms. The van der Waals surface area contributed by atoms with E-state index in [9.17, 15) is 4.79 Å². The lowest BCUT2D eigenvalue weighted by atomic mass is 10.1. The Bertz CT molecular complexity index is 689. The minimum Gasteiger partial charge on any atom is -0.397 e. The van der Waals surface area contributed by atoms with Crippen LogP contribution >= 0.6 is 23.2 Å². The molecule has 2 rings (SSSR count). The van der Waals surface area contributed by atoms with Gasteiger partial charge in [-0.2, -0.15) is 0 Å². The second kappa shape index (κ2) is 7.38. The molecule has 0 heterocycles. The summed E-state index contributed by atoms with van der Waals surface area (Å²) < 4.78 is 0. The van der Waals surface area contributed by atoms with Gasteiger partial charge in [-0.05, 0) is 42.8 Å². The van der Waals surface area contributed by atoms with Gasteiger partial charge in [0.05, 0.1) is 21.4 Å². The van der Waals surface area contributed by atoms with E-state index in [0.717, 1.165) is 12.1 Å². The third-order valence-electron chi connectivity index (χ3n) is 3.05. The van der Waals surface area contributed by atoms with Crippen molar-refractivity contribution in [3.63, 3.8) is 0 Å². The first-order chi connectivity index (χ1) is 10.5. The molecule has 0 fully saturated rings. The first-order valence-corrected chi connectivity index (χ1v) is 7.66. The van der Waals surface area contributed by atoms with Crippen molar-refractivity contribution in [2.45, 2.75) is 13.3 Å². The van der Waals surface area contributed by atoms with Crippen LogP contribution in [0.25, 0.3) is 0 Å². The third-order valence-corrected chi connectivity index (χ3v) is 3.79. The number of hydrogen-bond acceptors (Lipinski definition) is 3. The molecular formula is C16H17Cl2N3O. The second-order valence-electron chi connectivity index (χ2n) is 4.81. The molecule has 2 aromatic rings. The van der Waals surface area contributed by atoms with Crippen molar-refractivity contribution in [2.75, 3.05) is 17.6 Å². The standard InChI is InChI=1S/C16H17Cl2N3O/c1-2-7-20-16(22)10-3-6-15(14(19)8-10)21-11-4-5-12(17)13(18)9-11/h3-6,8-9,21H,2,7,19H2,1H3,(H,20,22). The maximum absolute atomic E-state index is 11.9. The van der Waals surface area contributed by atoms with Gasteiger partial charge in [0, 0.05) is 17.8 Å². The van der Waals surface area contributed by atoms with Crippen molar-refractivity contribution in [2.24, 2.45) is 0 Å². The van der Waals surface area contributed by atoms with E-state index < -0.39 is 0 Å². The lowest BCUT2D eigenvalue weighted by Gasteiger charge is -2.12. The predicted molar refractivity (Wildman–Crippen MR) is 93.2 cm³/mol. The molecule has 0 unspecified atom stereocenters. The van der Waals surface area contributed by atoms with Gasteiger partial charge < -0.3 is 16.4 Å². The van der Waals surface area contributed by atoms with Gasteiger partial charge in [0.15, 0.2) is 0 Å². The van der Waals surface area contributed by atoms with Crippen molar-refractivity contribution < 1.29 is 4.79 Å². The van der Waals surface area contributed by atoms with Crippen LogP contribution < -0.4 is 16.4 Å². The number of carbonyl (C=O) groups is 1. The van der Waals surface area contributed by atoms with Gasteiger partial charge in [-0.25, -0.2) is 0 Å². The molecule has 0 aromatic heterocycles. The van der Waals surface area contributed by atoms with Crippen molar-refractivity contribution in [1.29, 1.82) is 0 Å². The molecule has 0 saturated carbocycles. The van der Waals surface area contributed by atoms with Gasteiger partial charge in [0.1, 0.15) is 0 Å². The van der Waals surface area contributed by atoms with Crippen molar-refractivity contribution >= 4 is 46.2 Å². The van der Waals surface area contributed by atoms with E-state index in [1.165, 1.54) is 0 Å². The molecule has 0 atom stereocenters. The van der Waals surface area contributed by atoms with E-state index >= 15 is 0 Å². The van der Waals surface area contributed by atoms with Crippen LogP contribution in [0, 0.1) is 0 Å². The number of carbonyl (C=O) groups excluding carboxylic acids is 1. The zero-order valence-electron chi connectivity index (χ0n) is 12.1. The average molecular weight is 338 g/mol. The second-order valence-corrected chi connectivity index (χ2v) is 5.63. The topological polar surface area (TPSA) is 67.2 Å². The largest absolute Gasteiger partial charge is 0.397 e. The number of benzene rings is 2. The maximum atomic E-state index is 11.9. The quantitative estimate of drug-likeness (QED) is 0.705. The molecule has 1 amide bonds. The molecule has 0 aliphatic rings. The van der Waals surface area contributed by atoms with Crippen LogP contribution in [-0.4, -0.2) is 12.5 Å². The maximum Gasteiger partial charge on any atom is 0.251 e. The molecule has 0 aliphatic carbocycles. The SMILES string of the molecule is CCCNC(=O)c1ccc(Nc2ccc(Cl)c(Cl)c2)c(N)c1. The Morgan fingerprint density at radius 3 is 2.55 bits per heavy atom. The lowest BCUT2D eigenvalue weighted by Crippen LogP contribution is -2.24. The minimum atomic E-state index is -0.130. The smallest absolute Gasteiger partial charge is 0.251 e. The molecule has 2 aromatic carbocycles. The number of nitrogen functional groups attached to an aromatic ring is 1. The molecule has 0 saturated heterocycles. The summed E-state index contributed by atoms with van der Waals surface area (Å²) >= 11 is 11.9. The summed E-state index contributed by atoms with van der Waals surface area (Å²) in [6.07, 6.45) is 0.887. The number of amides is 1. The Hall–Kier alpha value is -1.91. The highest BCUT2D eigenvalue weighted by Crippen LogP contribution is 2.29. The first-order valence-electron chi connectivity index (χ1n) is 6.91. The van der Waals surface area contributed by atoms with Crippen LogP contribution in [0.4, 0.5) is 17.1 Å². The summed E-state index contributed by atoms with van der Waals surface area (Å²) in [4.78, 5) is 11.9. The van der Waals surface area contributed by atoms with E-state index in [-0.39, 0.29) is 5.91 Å². The molecule has 0 spiro atoms. The minimum absolute atomic E-state index is 0.130. The average Bonchev–Trinajstić information content (AvgIpc) is 2.50. The summed E-state index contributed by atoms with van der Waals surface area (Å²) in [7, 11) is 0. The van der Waals surface area contributed by atoms with Gasteiger partial charge >= 0.3 is 0 Å². The third kappa shape index (κ3) is 4.06. The number of anilines is 3. The van der Waals surface area contributed by atoms with E-state index in [0.29, 0.717) is 33.5 Å². The molecule has 0 bridgehead atoms. The zero-order valence-corrected chi connectivity index (χ0v) is 13.6. The van der Waals surface area contributed by atoms with Crippen LogP contribution in [0.2, 0.25) is 10.0 Å². The first kappa shape index (κ1) is 16.5. The van der Waals surface area contributed by atoms with Gasteiger partial charge in [0.2, 0.25) is 0 Å². The highest BCUT2D eigenvalue weighted by atomic mass is 35.5. The van der Waals surface area contributed by atoms with E-state index in [2.05, 4.69) is 10.6 Å². The number of hydrogen-bond donors (Lipinski definition) is 3. The Labute approximate surface area is 139 Å². The highest BCUT2D eigenvalue weighted by molar-refractivity contribution is 6.42. The van der Waals surface area contributed by atoms with Crippen molar-refractivity contribution in [1.82, 2.24) is 5.32 Å². The molecule has 0 radical (unpaired) electrons. The van der Waals surface area contributed by atoms with Gasteiger partial charge in [-0.1, -0.05) is 30.1 Å². The summed E-state index contributed by atoms with van der Waals surface area (Å²) in [5.41, 5.74) is 8.48. The molecule has 4 N–H and O–H groups in total. The van der Waals surface area contributed by atoms with Gasteiger partial charge in [0.25, 0.3) is 5.91 Å². The Morgan fingerprint density at radius 2 is 1.91 bits per heavy atom. The molecule has 116 valence electrons. The number of halogens is 2. The van der Waals surface area contributed by atoms with Crippen LogP contribution in [0.3, 0.4) is 0 Å². The van der Waals surface area contributed by atoms with E-state index in [1.54, 1.807) is 36.4 Å². The molecular weight excluding hydrogens is 321 g/mol.